The number of pyridine rings is 1. The lowest BCUT2D eigenvalue weighted by molar-refractivity contribution is -0.213. The SMILES string of the molecule is C=C1C=C(c2oc(C)c(CC)c2C)C=C(CN2CCN(Cc3cc(-c4oc(C)c(C([O-])=NCCCCCCN)c4C)cc(C)n3)CCN(C3=CC(C4=C(C)C(=C)[C-](C)O4)=CC(=C)[N-]3)CC2)[N-]1. The van der Waals surface area contributed by atoms with Crippen LogP contribution >= 0.6 is 0 Å². The summed E-state index contributed by atoms with van der Waals surface area (Å²) in [5, 5.41) is 23.3. The van der Waals surface area contributed by atoms with Gasteiger partial charge >= 0.3 is 0 Å². The topological polar surface area (TPSA) is 148 Å². The first-order chi connectivity index (χ1) is 31.6. The van der Waals surface area contributed by atoms with Gasteiger partial charge in [-0.3, -0.25) is 14.8 Å². The lowest BCUT2D eigenvalue weighted by atomic mass is 10.0. The molecule has 1 fully saturated rings. The fourth-order valence-electron chi connectivity index (χ4n) is 9.39. The average Bonchev–Trinajstić information content (AvgIpc) is 3.87. The zero-order valence-corrected chi connectivity index (χ0v) is 40.5. The number of rotatable bonds is 16. The van der Waals surface area contributed by atoms with Gasteiger partial charge in [0.2, 0.25) is 0 Å². The fraction of sp³-hybridized carbons (Fsp3) is 0.426. The van der Waals surface area contributed by atoms with Crippen LogP contribution in [0.15, 0.2) is 115 Å². The molecule has 0 spiro atoms. The first-order valence-electron chi connectivity index (χ1n) is 23.5. The van der Waals surface area contributed by atoms with E-state index in [1.54, 1.807) is 0 Å². The summed E-state index contributed by atoms with van der Waals surface area (Å²) < 4.78 is 18.9. The minimum absolute atomic E-state index is 0.228. The van der Waals surface area contributed by atoms with Gasteiger partial charge in [-0.1, -0.05) is 64.2 Å². The van der Waals surface area contributed by atoms with Crippen molar-refractivity contribution in [2.24, 2.45) is 10.7 Å². The highest BCUT2D eigenvalue weighted by Gasteiger charge is 2.23. The number of aryl methyl sites for hydroxylation is 3. The van der Waals surface area contributed by atoms with Crippen molar-refractivity contribution in [2.75, 3.05) is 58.9 Å². The molecular weight excluding hydrogens is 825 g/mol. The number of furan rings is 2. The van der Waals surface area contributed by atoms with Gasteiger partial charge in [-0.05, 0) is 134 Å². The summed E-state index contributed by atoms with van der Waals surface area (Å²) in [5.74, 6) is 4.51. The molecule has 3 aromatic rings. The van der Waals surface area contributed by atoms with Gasteiger partial charge in [0.05, 0.1) is 11.5 Å². The number of nitrogens with zero attached hydrogens (tertiary/aromatic N) is 7. The summed E-state index contributed by atoms with van der Waals surface area (Å²) in [4.78, 5) is 16.7. The van der Waals surface area contributed by atoms with E-state index >= 15 is 0 Å². The Bertz CT molecular complexity index is 2540. The monoisotopic (exact) mass is 893 g/mol. The number of nitrogens with two attached hydrogens (primary N) is 1. The molecule has 4 aliphatic rings. The zero-order chi connectivity index (χ0) is 47.2. The summed E-state index contributed by atoms with van der Waals surface area (Å²) in [6, 6.07) is 4.13. The molecule has 66 heavy (non-hydrogen) atoms. The Hall–Kier alpha value is -5.95. The van der Waals surface area contributed by atoms with E-state index in [0.717, 1.165) is 151 Å². The molecule has 7 heterocycles. The van der Waals surface area contributed by atoms with Crippen molar-refractivity contribution in [2.45, 2.75) is 94.0 Å². The number of hydrogen-bond donors (Lipinski definition) is 1. The maximum atomic E-state index is 13.4. The summed E-state index contributed by atoms with van der Waals surface area (Å²) in [6.45, 7) is 36.0. The molecule has 3 aromatic heterocycles. The number of aliphatic imine (C=N–C) groups is 1. The van der Waals surface area contributed by atoms with Crippen molar-refractivity contribution >= 4 is 11.5 Å². The third kappa shape index (κ3) is 11.0. The van der Waals surface area contributed by atoms with Crippen LogP contribution in [0.3, 0.4) is 0 Å². The lowest BCUT2D eigenvalue weighted by Gasteiger charge is -2.41. The van der Waals surface area contributed by atoms with Crippen LogP contribution in [-0.4, -0.2) is 84.5 Å². The number of hydrogen-bond acceptors (Lipinski definition) is 10. The second-order valence-corrected chi connectivity index (χ2v) is 18.0. The molecule has 352 valence electrons. The van der Waals surface area contributed by atoms with Crippen molar-refractivity contribution in [3.05, 3.63) is 169 Å². The molecule has 12 nitrogen and oxygen atoms in total. The Balaban J connectivity index is 1.15. The van der Waals surface area contributed by atoms with Crippen LogP contribution in [-0.2, 0) is 17.7 Å². The van der Waals surface area contributed by atoms with E-state index in [-0.39, 0.29) is 5.90 Å². The third-order valence-electron chi connectivity index (χ3n) is 13.0. The first-order valence-corrected chi connectivity index (χ1v) is 23.5. The van der Waals surface area contributed by atoms with Gasteiger partial charge in [0.1, 0.15) is 23.0 Å². The third-order valence-corrected chi connectivity index (χ3v) is 13.0. The fourth-order valence-corrected chi connectivity index (χ4v) is 9.39. The van der Waals surface area contributed by atoms with Crippen LogP contribution in [0.25, 0.3) is 27.5 Å². The molecule has 4 aliphatic heterocycles. The lowest BCUT2D eigenvalue weighted by Crippen LogP contribution is -2.37. The number of unbranched alkanes of at least 4 members (excludes halogenated alkanes) is 3. The molecule has 0 aromatic carbocycles. The minimum atomic E-state index is -0.228. The molecule has 0 aliphatic carbocycles. The molecular formula is C54H68N8O4-4. The van der Waals surface area contributed by atoms with Gasteiger partial charge in [0.25, 0.3) is 0 Å². The van der Waals surface area contributed by atoms with E-state index in [0.29, 0.717) is 54.7 Å². The Labute approximate surface area is 392 Å². The number of ether oxygens (including phenoxy) is 1. The maximum Gasteiger partial charge on any atom is 0.137 e. The second-order valence-electron chi connectivity index (χ2n) is 18.0. The van der Waals surface area contributed by atoms with Crippen LogP contribution < -0.4 is 10.8 Å². The van der Waals surface area contributed by atoms with E-state index in [1.165, 1.54) is 11.1 Å². The molecule has 0 amide bonds. The van der Waals surface area contributed by atoms with Crippen molar-refractivity contribution in [3.63, 3.8) is 0 Å². The van der Waals surface area contributed by atoms with Crippen LogP contribution in [0.1, 0.15) is 97.4 Å². The van der Waals surface area contributed by atoms with Gasteiger partial charge in [0, 0.05) is 66.3 Å². The van der Waals surface area contributed by atoms with Crippen molar-refractivity contribution < 1.29 is 18.7 Å². The van der Waals surface area contributed by atoms with Gasteiger partial charge in [-0.15, -0.1) is 23.5 Å². The van der Waals surface area contributed by atoms with Gasteiger partial charge in [-0.25, -0.2) is 0 Å². The van der Waals surface area contributed by atoms with Crippen molar-refractivity contribution in [1.29, 1.82) is 0 Å². The number of allylic oxidation sites excluding steroid dienone is 5. The van der Waals surface area contributed by atoms with E-state index in [2.05, 4.69) is 71.5 Å². The highest BCUT2D eigenvalue weighted by molar-refractivity contribution is 5.95. The Morgan fingerprint density at radius 1 is 0.803 bits per heavy atom. The van der Waals surface area contributed by atoms with Gasteiger partial charge in [0.15, 0.2) is 0 Å². The van der Waals surface area contributed by atoms with E-state index in [4.69, 9.17) is 34.9 Å². The minimum Gasteiger partial charge on any atom is -0.858 e. The smallest absolute Gasteiger partial charge is 0.137 e. The summed E-state index contributed by atoms with van der Waals surface area (Å²) in [5.41, 5.74) is 18.3. The van der Waals surface area contributed by atoms with Crippen molar-refractivity contribution in [3.8, 4) is 11.3 Å². The molecule has 12 heteroatoms. The van der Waals surface area contributed by atoms with Gasteiger partial charge < -0.3 is 44.9 Å². The molecule has 1 saturated heterocycles. The summed E-state index contributed by atoms with van der Waals surface area (Å²) in [6.07, 6.45) is 13.9. The normalized spacial score (nSPS) is 18.1. The Morgan fingerprint density at radius 3 is 2.15 bits per heavy atom. The zero-order valence-electron chi connectivity index (χ0n) is 40.5. The molecule has 0 radical (unpaired) electrons. The van der Waals surface area contributed by atoms with Crippen LogP contribution in [0.5, 0.6) is 0 Å². The predicted octanol–water partition coefficient (Wildman–Crippen LogP) is 10.0. The molecule has 0 unspecified atom stereocenters. The Morgan fingerprint density at radius 2 is 1.47 bits per heavy atom. The number of aromatic nitrogens is 1. The quantitative estimate of drug-likeness (QED) is 0.0642. The summed E-state index contributed by atoms with van der Waals surface area (Å²) in [7, 11) is 0. The highest BCUT2D eigenvalue weighted by atomic mass is 16.5. The van der Waals surface area contributed by atoms with Crippen molar-refractivity contribution in [1.82, 2.24) is 19.7 Å². The summed E-state index contributed by atoms with van der Waals surface area (Å²) >= 11 is 0. The molecule has 0 atom stereocenters. The van der Waals surface area contributed by atoms with Gasteiger partial charge in [-0.2, -0.15) is 12.2 Å². The molecule has 0 saturated carbocycles. The average molecular weight is 893 g/mol. The molecule has 0 bridgehead atoms. The van der Waals surface area contributed by atoms with Crippen LogP contribution in [0.4, 0.5) is 0 Å². The highest BCUT2D eigenvalue weighted by Crippen LogP contribution is 2.41. The predicted molar refractivity (Wildman–Crippen MR) is 265 cm³/mol. The second kappa shape index (κ2) is 21.1. The van der Waals surface area contributed by atoms with Crippen LogP contribution in [0, 0.1) is 40.7 Å². The van der Waals surface area contributed by atoms with E-state index in [1.807, 2.05) is 59.8 Å². The van der Waals surface area contributed by atoms with E-state index in [9.17, 15) is 5.11 Å². The first kappa shape index (κ1) is 48.0. The van der Waals surface area contributed by atoms with Crippen LogP contribution in [0.2, 0.25) is 0 Å². The van der Waals surface area contributed by atoms with E-state index < -0.39 is 0 Å². The molecule has 7 rings (SSSR count). The standard InChI is InChI=1S/C54H69N8O4/c1-12-48-38(7)52(65-41(48)10)43-25-33(2)57-46(28-43)31-60-19-20-61(22-24-62(23-21-60)49-30-45(27-35(4)59-49)51-37(6)36(5)40(9)64-51)32-47-29-44(26-34(3)58-47)53-39(8)50(42(11)66-53)54(63)56-18-16-14-13-15-17-55/h25-30H,2,4-5,12-24,31-32,55H2,1,3,6-11H3,(H,56,63)/q-3/p-1. The largest absolute Gasteiger partial charge is 0.858 e. The Kier molecular flexibility index (Phi) is 15.4. The molecule has 2 N–H and O–H groups in total. The maximum absolute atomic E-state index is 13.4.